The fraction of sp³-hybridized carbons (Fsp3) is 0.417. The van der Waals surface area contributed by atoms with E-state index in [2.05, 4.69) is 10.6 Å². The Morgan fingerprint density at radius 3 is 2.60 bits per heavy atom. The third kappa shape index (κ3) is 4.73. The third-order valence-corrected chi connectivity index (χ3v) is 2.51. The first-order chi connectivity index (χ1) is 9.33. The normalized spacial score (nSPS) is 13.3. The molecule has 0 radical (unpaired) electrons. The molecule has 0 aromatic carbocycles. The van der Waals surface area contributed by atoms with Crippen LogP contribution in [0.5, 0.6) is 0 Å². The van der Waals surface area contributed by atoms with Crippen LogP contribution < -0.4 is 10.6 Å². The van der Waals surface area contributed by atoms with Gasteiger partial charge in [0.05, 0.1) is 18.4 Å². The van der Waals surface area contributed by atoms with Crippen LogP contribution in [0.1, 0.15) is 23.7 Å². The molecular weight excluding hydrogens is 268 g/mol. The van der Waals surface area contributed by atoms with Gasteiger partial charge in [0.15, 0.2) is 5.60 Å². The maximum atomic E-state index is 11.5. The summed E-state index contributed by atoms with van der Waals surface area (Å²) < 4.78 is 4.74. The molecule has 110 valence electrons. The van der Waals surface area contributed by atoms with Crippen molar-refractivity contribution in [1.29, 1.82) is 0 Å². The number of nitrogens with one attached hydrogen (secondary N) is 2. The Balaban J connectivity index is 2.24. The number of carboxylic acids is 1. The lowest BCUT2D eigenvalue weighted by Crippen LogP contribution is -2.47. The summed E-state index contributed by atoms with van der Waals surface area (Å²) in [6.45, 7) is 0.762. The van der Waals surface area contributed by atoms with E-state index in [1.165, 1.54) is 18.6 Å². The van der Waals surface area contributed by atoms with Gasteiger partial charge in [-0.25, -0.2) is 4.79 Å². The van der Waals surface area contributed by atoms with E-state index in [1.54, 1.807) is 0 Å². The van der Waals surface area contributed by atoms with E-state index in [1.807, 2.05) is 0 Å². The summed E-state index contributed by atoms with van der Waals surface area (Å²) in [6, 6.07) is 1.49. The SMILES string of the molecule is CC(O)(CNC(=O)CCNC(=O)c1ccoc1)C(=O)O. The Morgan fingerprint density at radius 2 is 2.05 bits per heavy atom. The van der Waals surface area contributed by atoms with Gasteiger partial charge in [0.2, 0.25) is 5.91 Å². The predicted octanol–water partition coefficient (Wildman–Crippen LogP) is -0.649. The van der Waals surface area contributed by atoms with Crippen LogP contribution in [0.25, 0.3) is 0 Å². The molecule has 1 aromatic rings. The lowest BCUT2D eigenvalue weighted by Gasteiger charge is -2.18. The molecule has 1 rings (SSSR count). The minimum Gasteiger partial charge on any atom is -0.479 e. The maximum Gasteiger partial charge on any atom is 0.337 e. The van der Waals surface area contributed by atoms with Gasteiger partial charge in [0, 0.05) is 13.0 Å². The standard InChI is InChI=1S/C12H16N2O6/c1-12(19,11(17)18)7-14-9(15)2-4-13-10(16)8-3-5-20-6-8/h3,5-6,19H,2,4,7H2,1H3,(H,13,16)(H,14,15)(H,17,18). The zero-order valence-corrected chi connectivity index (χ0v) is 10.9. The number of amides is 2. The Bertz CT molecular complexity index is 480. The smallest absolute Gasteiger partial charge is 0.337 e. The van der Waals surface area contributed by atoms with Crippen LogP contribution in [0.4, 0.5) is 0 Å². The highest BCUT2D eigenvalue weighted by atomic mass is 16.4. The summed E-state index contributed by atoms with van der Waals surface area (Å²) in [5, 5.41) is 22.8. The minimum absolute atomic E-state index is 0.0285. The van der Waals surface area contributed by atoms with Crippen LogP contribution in [-0.4, -0.2) is 46.7 Å². The van der Waals surface area contributed by atoms with Crippen LogP contribution in [0, 0.1) is 0 Å². The first-order valence-electron chi connectivity index (χ1n) is 5.86. The fourth-order valence-electron chi connectivity index (χ4n) is 1.22. The van der Waals surface area contributed by atoms with E-state index < -0.39 is 24.0 Å². The molecule has 0 saturated carbocycles. The van der Waals surface area contributed by atoms with Crippen LogP contribution in [0.2, 0.25) is 0 Å². The molecule has 2 amide bonds. The lowest BCUT2D eigenvalue weighted by atomic mass is 10.1. The highest BCUT2D eigenvalue weighted by Crippen LogP contribution is 2.01. The second-order valence-corrected chi connectivity index (χ2v) is 4.37. The molecule has 0 aliphatic heterocycles. The van der Waals surface area contributed by atoms with Crippen LogP contribution in [-0.2, 0) is 9.59 Å². The maximum absolute atomic E-state index is 11.5. The first-order valence-corrected chi connectivity index (χ1v) is 5.86. The zero-order chi connectivity index (χ0) is 15.2. The van der Waals surface area contributed by atoms with Crippen molar-refractivity contribution in [3.05, 3.63) is 24.2 Å². The largest absolute Gasteiger partial charge is 0.479 e. The van der Waals surface area contributed by atoms with E-state index in [0.29, 0.717) is 5.56 Å². The summed E-state index contributed by atoms with van der Waals surface area (Å²) in [4.78, 5) is 33.5. The fourth-order valence-corrected chi connectivity index (χ4v) is 1.22. The molecule has 8 nitrogen and oxygen atoms in total. The summed E-state index contributed by atoms with van der Waals surface area (Å²) in [5.41, 5.74) is -1.67. The Labute approximate surface area is 114 Å². The molecule has 20 heavy (non-hydrogen) atoms. The highest BCUT2D eigenvalue weighted by Gasteiger charge is 2.30. The van der Waals surface area contributed by atoms with Gasteiger partial charge in [-0.3, -0.25) is 9.59 Å². The van der Waals surface area contributed by atoms with Crippen LogP contribution in [0.15, 0.2) is 23.0 Å². The van der Waals surface area contributed by atoms with E-state index >= 15 is 0 Å². The summed E-state index contributed by atoms with van der Waals surface area (Å²) in [5.74, 6) is -2.27. The third-order valence-electron chi connectivity index (χ3n) is 2.51. The zero-order valence-electron chi connectivity index (χ0n) is 10.9. The molecule has 1 heterocycles. The number of furan rings is 1. The molecule has 4 N–H and O–H groups in total. The number of hydrogen-bond donors (Lipinski definition) is 4. The second kappa shape index (κ2) is 6.71. The molecule has 8 heteroatoms. The van der Waals surface area contributed by atoms with Gasteiger partial charge in [-0.05, 0) is 13.0 Å². The predicted molar refractivity (Wildman–Crippen MR) is 66.9 cm³/mol. The Kier molecular flexibility index (Phi) is 5.27. The molecule has 0 fully saturated rings. The lowest BCUT2D eigenvalue weighted by molar-refractivity contribution is -0.156. The van der Waals surface area contributed by atoms with Crippen molar-refractivity contribution in [2.45, 2.75) is 18.9 Å². The van der Waals surface area contributed by atoms with Gasteiger partial charge in [-0.2, -0.15) is 0 Å². The van der Waals surface area contributed by atoms with E-state index in [9.17, 15) is 19.5 Å². The highest BCUT2D eigenvalue weighted by molar-refractivity contribution is 5.94. The summed E-state index contributed by atoms with van der Waals surface area (Å²) in [7, 11) is 0. The van der Waals surface area contributed by atoms with Gasteiger partial charge >= 0.3 is 5.97 Å². The number of rotatable bonds is 7. The summed E-state index contributed by atoms with van der Waals surface area (Å²) >= 11 is 0. The second-order valence-electron chi connectivity index (χ2n) is 4.37. The molecule has 1 unspecified atom stereocenters. The molecule has 0 spiro atoms. The summed E-state index contributed by atoms with van der Waals surface area (Å²) in [6.07, 6.45) is 2.61. The Hall–Kier alpha value is -2.35. The van der Waals surface area contributed by atoms with Crippen molar-refractivity contribution >= 4 is 17.8 Å². The molecule has 0 aliphatic carbocycles. The van der Waals surface area contributed by atoms with Gasteiger partial charge in [-0.1, -0.05) is 0 Å². The van der Waals surface area contributed by atoms with Crippen LogP contribution >= 0.6 is 0 Å². The van der Waals surface area contributed by atoms with E-state index in [-0.39, 0.29) is 18.9 Å². The van der Waals surface area contributed by atoms with Gasteiger partial charge in [-0.15, -0.1) is 0 Å². The van der Waals surface area contributed by atoms with E-state index in [0.717, 1.165) is 6.92 Å². The molecule has 1 atom stereocenters. The van der Waals surface area contributed by atoms with Crippen molar-refractivity contribution < 1.29 is 29.0 Å². The van der Waals surface area contributed by atoms with Gasteiger partial charge in [0.25, 0.3) is 5.91 Å². The number of aliphatic carboxylic acids is 1. The van der Waals surface area contributed by atoms with Gasteiger partial charge < -0.3 is 25.3 Å². The molecule has 1 aromatic heterocycles. The van der Waals surface area contributed by atoms with Crippen molar-refractivity contribution in [3.8, 4) is 0 Å². The number of carbonyl (C=O) groups is 3. The number of hydrogen-bond acceptors (Lipinski definition) is 5. The van der Waals surface area contributed by atoms with Crippen molar-refractivity contribution in [2.24, 2.45) is 0 Å². The van der Waals surface area contributed by atoms with Crippen molar-refractivity contribution in [2.75, 3.05) is 13.1 Å². The average Bonchev–Trinajstić information content (AvgIpc) is 2.90. The molecule has 0 bridgehead atoms. The first kappa shape index (κ1) is 15.7. The molecule has 0 saturated heterocycles. The number of carbonyl (C=O) groups excluding carboxylic acids is 2. The number of carboxylic acid groups (broad SMARTS) is 1. The van der Waals surface area contributed by atoms with Gasteiger partial charge in [0.1, 0.15) is 6.26 Å². The minimum atomic E-state index is -2.02. The number of aliphatic hydroxyl groups is 1. The van der Waals surface area contributed by atoms with Crippen molar-refractivity contribution in [1.82, 2.24) is 10.6 Å². The van der Waals surface area contributed by atoms with E-state index in [4.69, 9.17) is 9.52 Å². The monoisotopic (exact) mass is 284 g/mol. The Morgan fingerprint density at radius 1 is 1.35 bits per heavy atom. The topological polar surface area (TPSA) is 129 Å². The molecular formula is C12H16N2O6. The average molecular weight is 284 g/mol. The molecule has 0 aliphatic rings. The quantitative estimate of drug-likeness (QED) is 0.526. The van der Waals surface area contributed by atoms with Crippen molar-refractivity contribution in [3.63, 3.8) is 0 Å². The van der Waals surface area contributed by atoms with Crippen LogP contribution in [0.3, 0.4) is 0 Å².